The summed E-state index contributed by atoms with van der Waals surface area (Å²) in [6, 6.07) is 16.9. The van der Waals surface area contributed by atoms with E-state index >= 15 is 0 Å². The maximum absolute atomic E-state index is 13.5. The van der Waals surface area contributed by atoms with Gasteiger partial charge in [0.1, 0.15) is 5.75 Å². The minimum absolute atomic E-state index is 0.129. The molecule has 2 aromatic carbocycles. The fraction of sp³-hybridized carbons (Fsp3) is 0.261. The molecule has 7 nitrogen and oxygen atoms in total. The third-order valence-corrected chi connectivity index (χ3v) is 5.34. The molecule has 154 valence electrons. The predicted octanol–water partition coefficient (Wildman–Crippen LogP) is 2.76. The molecule has 0 radical (unpaired) electrons. The number of carbonyl (C=O) groups is 2. The molecule has 3 aromatic rings. The first-order valence-corrected chi connectivity index (χ1v) is 9.85. The molecule has 0 saturated heterocycles. The molecule has 0 fully saturated rings. The van der Waals surface area contributed by atoms with E-state index in [4.69, 9.17) is 4.74 Å². The van der Waals surface area contributed by atoms with E-state index in [2.05, 4.69) is 10.4 Å². The zero-order chi connectivity index (χ0) is 21.3. The third kappa shape index (κ3) is 3.66. The zero-order valence-electron chi connectivity index (χ0n) is 17.3. The molecule has 7 heteroatoms. The number of ether oxygens (including phenoxy) is 1. The third-order valence-electron chi connectivity index (χ3n) is 5.34. The van der Waals surface area contributed by atoms with Gasteiger partial charge in [-0.1, -0.05) is 42.5 Å². The number of para-hydroxylation sites is 2. The van der Waals surface area contributed by atoms with E-state index in [1.807, 2.05) is 69.4 Å². The van der Waals surface area contributed by atoms with Crippen LogP contribution in [0.25, 0.3) is 0 Å². The number of aromatic nitrogens is 2. The second kappa shape index (κ2) is 8.02. The van der Waals surface area contributed by atoms with Crippen LogP contribution in [0, 0.1) is 13.8 Å². The summed E-state index contributed by atoms with van der Waals surface area (Å²) < 4.78 is 7.63. The predicted molar refractivity (Wildman–Crippen MR) is 114 cm³/mol. The van der Waals surface area contributed by atoms with Crippen LogP contribution in [-0.4, -0.2) is 34.2 Å². The van der Waals surface area contributed by atoms with E-state index in [1.54, 1.807) is 15.6 Å². The van der Waals surface area contributed by atoms with Crippen molar-refractivity contribution < 1.29 is 14.3 Å². The topological polar surface area (TPSA) is 76.5 Å². The number of nitrogens with one attached hydrogen (secondary N) is 1. The van der Waals surface area contributed by atoms with Crippen molar-refractivity contribution in [3.8, 4) is 5.75 Å². The van der Waals surface area contributed by atoms with Crippen LogP contribution in [0.4, 0.5) is 5.69 Å². The van der Waals surface area contributed by atoms with Gasteiger partial charge in [0.15, 0.2) is 6.10 Å². The maximum atomic E-state index is 13.5. The summed E-state index contributed by atoms with van der Waals surface area (Å²) in [6.07, 6.45) is -0.801. The molecule has 1 aliphatic heterocycles. The van der Waals surface area contributed by atoms with Gasteiger partial charge in [0, 0.05) is 19.3 Å². The lowest BCUT2D eigenvalue weighted by atomic mass is 10.1. The smallest absolute Gasteiger partial charge is 0.263 e. The molecule has 0 saturated carbocycles. The minimum Gasteiger partial charge on any atom is -0.477 e. The summed E-state index contributed by atoms with van der Waals surface area (Å²) in [5.41, 5.74) is 3.65. The first kappa shape index (κ1) is 19.7. The van der Waals surface area contributed by atoms with Crippen LogP contribution in [0.3, 0.4) is 0 Å². The maximum Gasteiger partial charge on any atom is 0.263 e. The van der Waals surface area contributed by atoms with Crippen LogP contribution in [0.1, 0.15) is 27.3 Å². The fourth-order valence-corrected chi connectivity index (χ4v) is 3.68. The number of hydrogen-bond acceptors (Lipinski definition) is 4. The van der Waals surface area contributed by atoms with Gasteiger partial charge < -0.3 is 15.0 Å². The number of nitrogens with zero attached hydrogens (tertiary/aromatic N) is 3. The first-order valence-electron chi connectivity index (χ1n) is 9.85. The second-order valence-corrected chi connectivity index (χ2v) is 7.36. The van der Waals surface area contributed by atoms with Crippen molar-refractivity contribution in [3.05, 3.63) is 77.1 Å². The van der Waals surface area contributed by atoms with Crippen LogP contribution in [0.2, 0.25) is 0 Å². The normalized spacial score (nSPS) is 15.3. The van der Waals surface area contributed by atoms with E-state index in [-0.39, 0.29) is 18.4 Å². The number of fused-ring (bicyclic) bond motifs is 1. The van der Waals surface area contributed by atoms with Crippen molar-refractivity contribution in [1.82, 2.24) is 15.1 Å². The number of hydrogen-bond donors (Lipinski definition) is 1. The Kier molecular flexibility index (Phi) is 5.27. The molecule has 2 heterocycles. The largest absolute Gasteiger partial charge is 0.477 e. The highest BCUT2D eigenvalue weighted by atomic mass is 16.5. The Morgan fingerprint density at radius 3 is 2.50 bits per heavy atom. The monoisotopic (exact) mass is 404 g/mol. The van der Waals surface area contributed by atoms with Crippen molar-refractivity contribution >= 4 is 17.5 Å². The van der Waals surface area contributed by atoms with Crippen molar-refractivity contribution in [2.75, 3.05) is 11.4 Å². The number of carbonyl (C=O) groups excluding carboxylic acids is 2. The van der Waals surface area contributed by atoms with Gasteiger partial charge in [-0.25, -0.2) is 0 Å². The second-order valence-electron chi connectivity index (χ2n) is 7.36. The van der Waals surface area contributed by atoms with Gasteiger partial charge >= 0.3 is 0 Å². The van der Waals surface area contributed by atoms with E-state index < -0.39 is 6.10 Å². The Labute approximate surface area is 175 Å². The number of rotatable bonds is 4. The highest BCUT2D eigenvalue weighted by Crippen LogP contribution is 2.34. The van der Waals surface area contributed by atoms with Gasteiger partial charge in [-0.3, -0.25) is 14.3 Å². The Hall–Kier alpha value is -3.61. The van der Waals surface area contributed by atoms with Crippen LogP contribution >= 0.6 is 0 Å². The van der Waals surface area contributed by atoms with Crippen molar-refractivity contribution in [2.24, 2.45) is 7.05 Å². The van der Waals surface area contributed by atoms with E-state index in [0.29, 0.717) is 29.2 Å². The lowest BCUT2D eigenvalue weighted by molar-refractivity contribution is -0.127. The molecule has 1 atom stereocenters. The minimum atomic E-state index is -0.801. The van der Waals surface area contributed by atoms with E-state index in [0.717, 1.165) is 11.3 Å². The van der Waals surface area contributed by atoms with Gasteiger partial charge in [0.05, 0.1) is 23.5 Å². The Bertz CT molecular complexity index is 1090. The summed E-state index contributed by atoms with van der Waals surface area (Å²) in [6.45, 7) is 4.21. The molecule has 1 aromatic heterocycles. The Morgan fingerprint density at radius 1 is 1.10 bits per heavy atom. The molecule has 0 aliphatic carbocycles. The quantitative estimate of drug-likeness (QED) is 0.726. The molecule has 0 unspecified atom stereocenters. The molecular weight excluding hydrogens is 380 g/mol. The molecule has 1 N–H and O–H groups in total. The van der Waals surface area contributed by atoms with Crippen LogP contribution in [0.15, 0.2) is 54.6 Å². The summed E-state index contributed by atoms with van der Waals surface area (Å²) in [5, 5.41) is 7.27. The highest BCUT2D eigenvalue weighted by Gasteiger charge is 2.35. The number of benzene rings is 2. The molecule has 0 bridgehead atoms. The summed E-state index contributed by atoms with van der Waals surface area (Å²) in [7, 11) is 1.81. The van der Waals surface area contributed by atoms with Gasteiger partial charge in [-0.2, -0.15) is 5.10 Å². The van der Waals surface area contributed by atoms with Gasteiger partial charge in [0.25, 0.3) is 11.8 Å². The van der Waals surface area contributed by atoms with E-state index in [9.17, 15) is 9.59 Å². The average Bonchev–Trinajstić information content (AvgIpc) is 3.02. The average molecular weight is 404 g/mol. The van der Waals surface area contributed by atoms with Gasteiger partial charge in [0.2, 0.25) is 0 Å². The SMILES string of the molecule is Cc1nn(C)c(C)c1C(=O)N1C[C@H](C(=O)NCc2ccccc2)Oc2ccccc21. The molecule has 30 heavy (non-hydrogen) atoms. The summed E-state index contributed by atoms with van der Waals surface area (Å²) in [5.74, 6) is 0.0663. The Morgan fingerprint density at radius 2 is 1.80 bits per heavy atom. The number of aryl methyl sites for hydroxylation is 2. The molecule has 1 aliphatic rings. The molecule has 2 amide bonds. The lowest BCUT2D eigenvalue weighted by Crippen LogP contribution is -2.50. The standard InChI is InChI=1S/C23H24N4O3/c1-15-21(16(2)26(3)25-15)23(29)27-14-20(30-19-12-8-7-11-18(19)27)22(28)24-13-17-9-5-4-6-10-17/h4-12,20H,13-14H2,1-3H3,(H,24,28)/t20-/m1/s1. The number of anilines is 1. The molecule has 0 spiro atoms. The summed E-state index contributed by atoms with van der Waals surface area (Å²) in [4.78, 5) is 27.9. The van der Waals surface area contributed by atoms with E-state index in [1.165, 1.54) is 0 Å². The summed E-state index contributed by atoms with van der Waals surface area (Å²) >= 11 is 0. The van der Waals surface area contributed by atoms with Crippen molar-refractivity contribution in [1.29, 1.82) is 0 Å². The van der Waals surface area contributed by atoms with Crippen LogP contribution in [0.5, 0.6) is 5.75 Å². The molecule has 4 rings (SSSR count). The van der Waals surface area contributed by atoms with Crippen molar-refractivity contribution in [3.63, 3.8) is 0 Å². The molecular formula is C23H24N4O3. The first-order chi connectivity index (χ1) is 14.5. The van der Waals surface area contributed by atoms with Crippen molar-refractivity contribution in [2.45, 2.75) is 26.5 Å². The lowest BCUT2D eigenvalue weighted by Gasteiger charge is -2.34. The number of amides is 2. The highest BCUT2D eigenvalue weighted by molar-refractivity contribution is 6.09. The fourth-order valence-electron chi connectivity index (χ4n) is 3.68. The van der Waals surface area contributed by atoms with Gasteiger partial charge in [-0.15, -0.1) is 0 Å². The van der Waals surface area contributed by atoms with Gasteiger partial charge in [-0.05, 0) is 31.5 Å². The van der Waals surface area contributed by atoms with Crippen LogP contribution in [-0.2, 0) is 18.4 Å². The van der Waals surface area contributed by atoms with Crippen LogP contribution < -0.4 is 15.0 Å². The zero-order valence-corrected chi connectivity index (χ0v) is 17.3. The Balaban J connectivity index is 1.59.